The number of thiazole rings is 1. The molecular weight excluding hydrogens is 320 g/mol. The topological polar surface area (TPSA) is 85.6 Å². The first-order valence-electron chi connectivity index (χ1n) is 6.43. The molecule has 0 spiro atoms. The highest BCUT2D eigenvalue weighted by Gasteiger charge is 2.11. The molecular formula is C13H12N6OS2. The number of amides is 1. The van der Waals surface area contributed by atoms with Crippen molar-refractivity contribution in [3.8, 4) is 0 Å². The fourth-order valence-electron chi connectivity index (χ4n) is 1.73. The number of nitrogens with zero attached hydrogens (tertiary/aromatic N) is 5. The fraction of sp³-hybridized carbons (Fsp3) is 0.154. The predicted octanol–water partition coefficient (Wildman–Crippen LogP) is 1.91. The van der Waals surface area contributed by atoms with E-state index in [0.29, 0.717) is 16.8 Å². The van der Waals surface area contributed by atoms with Gasteiger partial charge in [-0.1, -0.05) is 42.1 Å². The SMILES string of the molecule is O=C(CSc1nnnn1Cc1ccccc1)Nc1nccs1. The molecule has 1 aromatic carbocycles. The maximum absolute atomic E-state index is 11.8. The molecule has 112 valence electrons. The standard InChI is InChI=1S/C13H12N6OS2/c20-11(15-12-14-6-7-21-12)9-22-13-16-17-18-19(13)8-10-4-2-1-3-5-10/h1-7H,8-9H2,(H,14,15,20). The third-order valence-electron chi connectivity index (χ3n) is 2.69. The van der Waals surface area contributed by atoms with Crippen LogP contribution >= 0.6 is 23.1 Å². The minimum absolute atomic E-state index is 0.130. The lowest BCUT2D eigenvalue weighted by atomic mass is 10.2. The molecule has 0 bridgehead atoms. The number of carbonyl (C=O) groups excluding carboxylic acids is 1. The van der Waals surface area contributed by atoms with Crippen LogP contribution in [-0.2, 0) is 11.3 Å². The summed E-state index contributed by atoms with van der Waals surface area (Å²) >= 11 is 2.68. The van der Waals surface area contributed by atoms with Crippen LogP contribution in [0.1, 0.15) is 5.56 Å². The highest BCUT2D eigenvalue weighted by molar-refractivity contribution is 7.99. The van der Waals surface area contributed by atoms with Crippen molar-refractivity contribution in [2.75, 3.05) is 11.1 Å². The summed E-state index contributed by atoms with van der Waals surface area (Å²) < 4.78 is 1.68. The van der Waals surface area contributed by atoms with Crippen molar-refractivity contribution in [2.45, 2.75) is 11.7 Å². The van der Waals surface area contributed by atoms with Gasteiger partial charge in [0.05, 0.1) is 12.3 Å². The third-order valence-corrected chi connectivity index (χ3v) is 4.33. The van der Waals surface area contributed by atoms with Crippen LogP contribution in [0.5, 0.6) is 0 Å². The average Bonchev–Trinajstić information content (AvgIpc) is 3.18. The summed E-state index contributed by atoms with van der Waals surface area (Å²) in [6.07, 6.45) is 1.65. The normalized spacial score (nSPS) is 10.5. The van der Waals surface area contributed by atoms with E-state index in [1.807, 2.05) is 35.7 Å². The van der Waals surface area contributed by atoms with Gasteiger partial charge < -0.3 is 5.32 Å². The number of tetrazole rings is 1. The number of rotatable bonds is 6. The van der Waals surface area contributed by atoms with E-state index in [9.17, 15) is 4.79 Å². The van der Waals surface area contributed by atoms with Gasteiger partial charge in [-0.2, -0.15) is 0 Å². The molecule has 0 unspecified atom stereocenters. The van der Waals surface area contributed by atoms with E-state index in [1.54, 1.807) is 10.9 Å². The van der Waals surface area contributed by atoms with E-state index < -0.39 is 0 Å². The summed E-state index contributed by atoms with van der Waals surface area (Å²) in [6, 6.07) is 9.90. The molecule has 0 aliphatic carbocycles. The van der Waals surface area contributed by atoms with Crippen LogP contribution in [0.25, 0.3) is 0 Å². The fourth-order valence-corrected chi connectivity index (χ4v) is 2.95. The number of hydrogen-bond acceptors (Lipinski definition) is 7. The Kier molecular flexibility index (Phi) is 4.76. The number of aromatic nitrogens is 5. The van der Waals surface area contributed by atoms with Gasteiger partial charge in [0.1, 0.15) is 0 Å². The molecule has 1 amide bonds. The summed E-state index contributed by atoms with van der Waals surface area (Å²) in [5.41, 5.74) is 1.10. The molecule has 0 aliphatic heterocycles. The van der Waals surface area contributed by atoms with E-state index in [0.717, 1.165) is 5.56 Å². The Morgan fingerprint density at radius 2 is 2.18 bits per heavy atom. The summed E-state index contributed by atoms with van der Waals surface area (Å²) in [5, 5.41) is 17.3. The number of carbonyl (C=O) groups is 1. The van der Waals surface area contributed by atoms with Crippen molar-refractivity contribution < 1.29 is 4.79 Å². The largest absolute Gasteiger partial charge is 0.301 e. The lowest BCUT2D eigenvalue weighted by Gasteiger charge is -2.04. The Morgan fingerprint density at radius 1 is 1.32 bits per heavy atom. The van der Waals surface area contributed by atoms with Crippen molar-refractivity contribution in [3.05, 3.63) is 47.5 Å². The minimum Gasteiger partial charge on any atom is -0.301 e. The molecule has 0 fully saturated rings. The number of hydrogen-bond donors (Lipinski definition) is 1. The highest BCUT2D eigenvalue weighted by atomic mass is 32.2. The van der Waals surface area contributed by atoms with Crippen molar-refractivity contribution >= 4 is 34.1 Å². The van der Waals surface area contributed by atoms with Crippen molar-refractivity contribution in [1.82, 2.24) is 25.2 Å². The van der Waals surface area contributed by atoms with Crippen molar-refractivity contribution in [1.29, 1.82) is 0 Å². The van der Waals surface area contributed by atoms with Crippen LogP contribution < -0.4 is 5.32 Å². The van der Waals surface area contributed by atoms with Gasteiger partial charge in [-0.25, -0.2) is 9.67 Å². The Morgan fingerprint density at radius 3 is 2.95 bits per heavy atom. The molecule has 7 nitrogen and oxygen atoms in total. The van der Waals surface area contributed by atoms with Gasteiger partial charge >= 0.3 is 0 Å². The highest BCUT2D eigenvalue weighted by Crippen LogP contribution is 2.16. The smallest absolute Gasteiger partial charge is 0.236 e. The zero-order chi connectivity index (χ0) is 15.2. The minimum atomic E-state index is -0.130. The van der Waals surface area contributed by atoms with Crippen LogP contribution in [0.3, 0.4) is 0 Å². The van der Waals surface area contributed by atoms with Gasteiger partial charge in [0.15, 0.2) is 5.13 Å². The van der Waals surface area contributed by atoms with Gasteiger partial charge in [-0.3, -0.25) is 4.79 Å². The van der Waals surface area contributed by atoms with E-state index in [1.165, 1.54) is 23.1 Å². The molecule has 2 heterocycles. The van der Waals surface area contributed by atoms with Gasteiger partial charge in [0.25, 0.3) is 0 Å². The second-order valence-corrected chi connectivity index (χ2v) is 6.12. The molecule has 0 atom stereocenters. The van der Waals surface area contributed by atoms with E-state index >= 15 is 0 Å². The van der Waals surface area contributed by atoms with Gasteiger partial charge in [-0.05, 0) is 16.0 Å². The second-order valence-electron chi connectivity index (χ2n) is 4.28. The van der Waals surface area contributed by atoms with Crippen LogP contribution in [0, 0.1) is 0 Å². The first-order chi connectivity index (χ1) is 10.8. The third kappa shape index (κ3) is 3.89. The lowest BCUT2D eigenvalue weighted by Crippen LogP contribution is -2.14. The number of anilines is 1. The molecule has 22 heavy (non-hydrogen) atoms. The van der Waals surface area contributed by atoms with E-state index in [-0.39, 0.29) is 11.7 Å². The molecule has 3 rings (SSSR count). The first kappa shape index (κ1) is 14.7. The Bertz CT molecular complexity index is 728. The van der Waals surface area contributed by atoms with Crippen molar-refractivity contribution in [2.24, 2.45) is 0 Å². The van der Waals surface area contributed by atoms with Gasteiger partial charge in [-0.15, -0.1) is 16.4 Å². The first-order valence-corrected chi connectivity index (χ1v) is 8.30. The zero-order valence-corrected chi connectivity index (χ0v) is 13.0. The molecule has 2 aromatic heterocycles. The van der Waals surface area contributed by atoms with Crippen LogP contribution in [0.2, 0.25) is 0 Å². The van der Waals surface area contributed by atoms with Gasteiger partial charge in [0.2, 0.25) is 11.1 Å². The molecule has 0 radical (unpaired) electrons. The maximum atomic E-state index is 11.8. The van der Waals surface area contributed by atoms with Gasteiger partial charge in [0, 0.05) is 11.6 Å². The van der Waals surface area contributed by atoms with Crippen molar-refractivity contribution in [3.63, 3.8) is 0 Å². The molecule has 1 N–H and O–H groups in total. The summed E-state index contributed by atoms with van der Waals surface area (Å²) in [4.78, 5) is 15.8. The predicted molar refractivity (Wildman–Crippen MR) is 84.8 cm³/mol. The Labute approximate surface area is 134 Å². The lowest BCUT2D eigenvalue weighted by molar-refractivity contribution is -0.113. The summed E-state index contributed by atoms with van der Waals surface area (Å²) in [7, 11) is 0. The Hall–Kier alpha value is -2.26. The summed E-state index contributed by atoms with van der Waals surface area (Å²) in [6.45, 7) is 0.574. The average molecular weight is 332 g/mol. The molecule has 0 saturated heterocycles. The Balaban J connectivity index is 1.57. The van der Waals surface area contributed by atoms with Crippen LogP contribution in [-0.4, -0.2) is 36.9 Å². The van der Waals surface area contributed by atoms with E-state index in [2.05, 4.69) is 25.8 Å². The zero-order valence-electron chi connectivity index (χ0n) is 11.4. The molecule has 9 heteroatoms. The number of nitrogens with one attached hydrogen (secondary N) is 1. The quantitative estimate of drug-likeness (QED) is 0.694. The number of benzene rings is 1. The molecule has 0 aliphatic rings. The molecule has 0 saturated carbocycles. The maximum Gasteiger partial charge on any atom is 0.236 e. The molecule has 3 aromatic rings. The number of thioether (sulfide) groups is 1. The van der Waals surface area contributed by atoms with Crippen LogP contribution in [0.4, 0.5) is 5.13 Å². The van der Waals surface area contributed by atoms with E-state index in [4.69, 9.17) is 0 Å². The summed E-state index contributed by atoms with van der Waals surface area (Å²) in [5.74, 6) is 0.101. The van der Waals surface area contributed by atoms with Crippen LogP contribution in [0.15, 0.2) is 47.1 Å². The second kappa shape index (κ2) is 7.14. The monoisotopic (exact) mass is 332 g/mol.